The van der Waals surface area contributed by atoms with Gasteiger partial charge in [0.2, 0.25) is 0 Å². The molecule has 6 rings (SSSR count). The third-order valence-corrected chi connectivity index (χ3v) is 10.3. The number of hydrogen-bond acceptors (Lipinski definition) is 11. The van der Waals surface area contributed by atoms with Crippen molar-refractivity contribution in [2.45, 2.75) is 101 Å². The highest BCUT2D eigenvalue weighted by Crippen LogP contribution is 2.72. The summed E-state index contributed by atoms with van der Waals surface area (Å²) >= 11 is 0. The van der Waals surface area contributed by atoms with E-state index in [0.717, 1.165) is 5.57 Å². The summed E-state index contributed by atoms with van der Waals surface area (Å²) in [6, 6.07) is 0. The van der Waals surface area contributed by atoms with Crippen LogP contribution >= 0.6 is 0 Å². The van der Waals surface area contributed by atoms with E-state index in [0.29, 0.717) is 13.0 Å². The lowest BCUT2D eigenvalue weighted by atomic mass is 9.51. The topological polar surface area (TPSA) is 157 Å². The maximum Gasteiger partial charge on any atom is 0.338 e. The molecule has 40 heavy (non-hydrogen) atoms. The first-order valence-electron chi connectivity index (χ1n) is 13.9. The van der Waals surface area contributed by atoms with Crippen LogP contribution in [-0.4, -0.2) is 107 Å². The molecule has 0 aromatic carbocycles. The van der Waals surface area contributed by atoms with Crippen molar-refractivity contribution in [3.8, 4) is 0 Å². The van der Waals surface area contributed by atoms with Crippen LogP contribution in [0.3, 0.4) is 0 Å². The van der Waals surface area contributed by atoms with Gasteiger partial charge >= 0.3 is 11.9 Å². The minimum Gasteiger partial charge on any atom is -0.463 e. The van der Waals surface area contributed by atoms with E-state index >= 15 is 0 Å². The Hall–Kier alpha value is -2.12. The predicted octanol–water partition coefficient (Wildman–Crippen LogP) is 0.496. The second-order valence-electron chi connectivity index (χ2n) is 12.5. The van der Waals surface area contributed by atoms with Gasteiger partial charge < -0.3 is 43.7 Å². The molecule has 3 N–H and O–H groups in total. The zero-order valence-corrected chi connectivity index (χ0v) is 23.1. The van der Waals surface area contributed by atoms with E-state index in [1.54, 1.807) is 26.0 Å². The van der Waals surface area contributed by atoms with Crippen molar-refractivity contribution in [1.82, 2.24) is 0 Å². The van der Waals surface area contributed by atoms with Crippen LogP contribution in [0.25, 0.3) is 0 Å². The van der Waals surface area contributed by atoms with Crippen molar-refractivity contribution in [1.29, 1.82) is 0 Å². The largest absolute Gasteiger partial charge is 0.463 e. The van der Waals surface area contributed by atoms with Crippen molar-refractivity contribution < 1.29 is 53.3 Å². The summed E-state index contributed by atoms with van der Waals surface area (Å²) in [4.78, 5) is 26.3. The maximum atomic E-state index is 13.3. The van der Waals surface area contributed by atoms with Crippen LogP contribution in [0.5, 0.6) is 0 Å². The average molecular weight is 563 g/mol. The van der Waals surface area contributed by atoms with Crippen LogP contribution in [0.2, 0.25) is 0 Å². The Morgan fingerprint density at radius 1 is 1.10 bits per heavy atom. The second kappa shape index (κ2) is 9.45. The van der Waals surface area contributed by atoms with Gasteiger partial charge in [-0.15, -0.1) is 0 Å². The lowest BCUT2D eigenvalue weighted by molar-refractivity contribution is -0.239. The van der Waals surface area contributed by atoms with Crippen molar-refractivity contribution in [2.75, 3.05) is 19.8 Å². The Bertz CT molecular complexity index is 1160. The summed E-state index contributed by atoms with van der Waals surface area (Å²) in [5.41, 5.74) is -3.03. The molecule has 0 amide bonds. The Labute approximate surface area is 232 Å². The molecular formula is C29H38O11. The van der Waals surface area contributed by atoms with E-state index in [1.165, 1.54) is 12.2 Å². The van der Waals surface area contributed by atoms with Gasteiger partial charge in [-0.25, -0.2) is 9.59 Å². The van der Waals surface area contributed by atoms with Crippen LogP contribution < -0.4 is 0 Å². The molecule has 0 aromatic rings. The second-order valence-corrected chi connectivity index (χ2v) is 12.5. The molecule has 2 spiro atoms. The van der Waals surface area contributed by atoms with Gasteiger partial charge in [0.15, 0.2) is 6.10 Å². The number of aliphatic hydroxyl groups is 3. The first-order valence-corrected chi connectivity index (χ1v) is 13.9. The highest BCUT2D eigenvalue weighted by molar-refractivity contribution is 5.82. The number of esters is 2. The highest BCUT2D eigenvalue weighted by atomic mass is 16.7. The smallest absolute Gasteiger partial charge is 0.338 e. The third kappa shape index (κ3) is 3.97. The van der Waals surface area contributed by atoms with Gasteiger partial charge in [-0.3, -0.25) is 0 Å². The van der Waals surface area contributed by atoms with Crippen LogP contribution in [0, 0.1) is 10.8 Å². The molecule has 11 heteroatoms. The predicted molar refractivity (Wildman–Crippen MR) is 137 cm³/mol. The molecule has 2 aliphatic carbocycles. The molecule has 220 valence electrons. The van der Waals surface area contributed by atoms with E-state index in [1.807, 2.05) is 19.9 Å². The Morgan fingerprint density at radius 3 is 2.55 bits per heavy atom. The van der Waals surface area contributed by atoms with Crippen molar-refractivity contribution in [3.63, 3.8) is 0 Å². The fourth-order valence-corrected chi connectivity index (χ4v) is 7.38. The number of aliphatic hydroxyl groups excluding tert-OH is 3. The third-order valence-electron chi connectivity index (χ3n) is 10.3. The lowest BCUT2D eigenvalue weighted by Crippen LogP contribution is -2.68. The SMILES string of the molecule is CC1=C[C@H]2O[C@@H]3C[C@@H]4OC(=O)/C=C/C=C\[C@@H]([C@@H](C)O)OC[C@@H](O)[C@]5(C)O[C@@H]5C(=O)OC[C@@]2(C[C@@H]1O)[C@@]4(C)[C@@]31CO1. The number of epoxide rings is 2. The molecule has 2 bridgehead atoms. The molecule has 3 saturated heterocycles. The van der Waals surface area contributed by atoms with E-state index in [9.17, 15) is 24.9 Å². The number of fused-ring (bicyclic) bond motifs is 1. The van der Waals surface area contributed by atoms with E-state index in [4.69, 9.17) is 28.4 Å². The number of hydrogen-bond donors (Lipinski definition) is 3. The summed E-state index contributed by atoms with van der Waals surface area (Å²) < 4.78 is 35.9. The Morgan fingerprint density at radius 2 is 1.85 bits per heavy atom. The summed E-state index contributed by atoms with van der Waals surface area (Å²) in [5.74, 6) is -1.23. The summed E-state index contributed by atoms with van der Waals surface area (Å²) in [7, 11) is 0. The van der Waals surface area contributed by atoms with Crippen molar-refractivity contribution in [3.05, 3.63) is 36.0 Å². The fourth-order valence-electron chi connectivity index (χ4n) is 7.38. The number of ether oxygens (including phenoxy) is 6. The highest BCUT2D eigenvalue weighted by Gasteiger charge is 2.83. The first-order chi connectivity index (χ1) is 18.9. The molecule has 0 radical (unpaired) electrons. The summed E-state index contributed by atoms with van der Waals surface area (Å²) in [5, 5.41) is 31.9. The van der Waals surface area contributed by atoms with Crippen molar-refractivity contribution in [2.24, 2.45) is 10.8 Å². The first kappa shape index (κ1) is 28.0. The van der Waals surface area contributed by atoms with Crippen molar-refractivity contribution >= 4 is 11.9 Å². The number of carbonyl (C=O) groups is 2. The number of rotatable bonds is 1. The van der Waals surface area contributed by atoms with Gasteiger partial charge in [-0.1, -0.05) is 31.2 Å². The van der Waals surface area contributed by atoms with Gasteiger partial charge in [0, 0.05) is 17.9 Å². The van der Waals surface area contributed by atoms with Gasteiger partial charge in [0.05, 0.1) is 43.0 Å². The molecule has 11 nitrogen and oxygen atoms in total. The Kier molecular flexibility index (Phi) is 6.62. The molecular weight excluding hydrogens is 524 g/mol. The number of allylic oxidation sites excluding steroid dienone is 2. The normalized spacial score (nSPS) is 52.6. The molecule has 0 aromatic heterocycles. The van der Waals surface area contributed by atoms with Gasteiger partial charge in [0.1, 0.15) is 36.1 Å². The molecule has 12 atom stereocenters. The summed E-state index contributed by atoms with van der Waals surface area (Å²) in [6.45, 7) is 7.03. The Balaban J connectivity index is 1.38. The van der Waals surface area contributed by atoms with E-state index < -0.39 is 76.7 Å². The van der Waals surface area contributed by atoms with Gasteiger partial charge in [-0.05, 0) is 32.8 Å². The maximum absolute atomic E-state index is 13.3. The zero-order chi connectivity index (χ0) is 28.7. The van der Waals surface area contributed by atoms with Crippen LogP contribution in [-0.2, 0) is 38.0 Å². The molecule has 1 saturated carbocycles. The molecule has 0 unspecified atom stereocenters. The van der Waals surface area contributed by atoms with E-state index in [2.05, 4.69) is 0 Å². The van der Waals surface area contributed by atoms with Gasteiger partial charge in [0.25, 0.3) is 0 Å². The fraction of sp³-hybridized carbons (Fsp3) is 0.724. The number of cyclic esters (lactones) is 1. The molecule has 6 aliphatic rings. The average Bonchev–Trinajstić information content (AvgIpc) is 3.81. The van der Waals surface area contributed by atoms with E-state index in [-0.39, 0.29) is 25.7 Å². The monoisotopic (exact) mass is 562 g/mol. The molecule has 4 heterocycles. The van der Waals surface area contributed by atoms with Crippen LogP contribution in [0.15, 0.2) is 36.0 Å². The molecule has 4 fully saturated rings. The van der Waals surface area contributed by atoms with Crippen LogP contribution in [0.1, 0.15) is 40.5 Å². The quantitative estimate of drug-likeness (QED) is 0.232. The van der Waals surface area contributed by atoms with Gasteiger partial charge in [-0.2, -0.15) is 0 Å². The minimum absolute atomic E-state index is 0.134. The number of carbonyl (C=O) groups excluding carboxylic acids is 2. The minimum atomic E-state index is -1.22. The van der Waals surface area contributed by atoms with Crippen LogP contribution in [0.4, 0.5) is 0 Å². The lowest BCUT2D eigenvalue weighted by Gasteiger charge is -2.58. The zero-order valence-electron chi connectivity index (χ0n) is 23.1. The standard InChI is InChI=1S/C29H38O11/c1-15-9-21-28(11-17(15)31)13-36-25(34)24-26(3,40-24)19(32)12-35-18(16(2)30)7-5-6-8-23(33)39-20-10-22(38-21)29(14-37-29)27(20,28)4/h5-9,16-22,24,30-32H,10-14H2,1-4H3/b7-5-,8-6+/t16-,17+,18+,19-,20+,21-,22-,24-,26+,27+,28-,29-/m1/s1. The molecule has 4 aliphatic heterocycles. The summed E-state index contributed by atoms with van der Waals surface area (Å²) in [6.07, 6.45) is 2.24.